The van der Waals surface area contributed by atoms with Crippen molar-refractivity contribution in [1.82, 2.24) is 10.6 Å². The molecule has 1 unspecified atom stereocenters. The van der Waals surface area contributed by atoms with E-state index < -0.39 is 29.6 Å². The minimum absolute atomic E-state index is 0.0740. The van der Waals surface area contributed by atoms with Crippen LogP contribution in [-0.2, 0) is 25.5 Å². The first-order valence-electron chi connectivity index (χ1n) is 11.9. The Morgan fingerprint density at radius 1 is 1.03 bits per heavy atom. The number of carbonyl (C=O) groups excluding carboxylic acids is 3. The molecule has 3 heterocycles. The van der Waals surface area contributed by atoms with Crippen molar-refractivity contribution in [2.24, 2.45) is 0 Å². The van der Waals surface area contributed by atoms with Gasteiger partial charge in [-0.2, -0.15) is 0 Å². The van der Waals surface area contributed by atoms with Crippen LogP contribution < -0.4 is 16.3 Å². The normalized spacial score (nSPS) is 15.4. The van der Waals surface area contributed by atoms with E-state index in [2.05, 4.69) is 10.6 Å². The van der Waals surface area contributed by atoms with Crippen LogP contribution in [0.5, 0.6) is 0 Å². The molecule has 10 nitrogen and oxygen atoms in total. The summed E-state index contributed by atoms with van der Waals surface area (Å²) in [6.45, 7) is 6.85. The summed E-state index contributed by atoms with van der Waals surface area (Å²) in [5.41, 5.74) is 2.26. The topological polar surface area (TPSA) is 137 Å². The fraction of sp³-hybridized carbons (Fsp3) is 0.333. The molecule has 1 aliphatic rings. The number of amides is 2. The molecule has 1 aliphatic heterocycles. The smallest absolute Gasteiger partial charge is 0.339 e. The zero-order valence-electron chi connectivity index (χ0n) is 21.1. The highest BCUT2D eigenvalue weighted by atomic mass is 16.5. The number of rotatable bonds is 8. The molecule has 0 saturated carbocycles. The van der Waals surface area contributed by atoms with E-state index in [1.54, 1.807) is 32.0 Å². The van der Waals surface area contributed by atoms with Crippen LogP contribution in [0, 0.1) is 20.8 Å². The fourth-order valence-electron chi connectivity index (χ4n) is 4.25. The molecule has 0 fully saturated rings. The van der Waals surface area contributed by atoms with E-state index in [4.69, 9.17) is 18.3 Å². The van der Waals surface area contributed by atoms with E-state index in [1.807, 2.05) is 26.0 Å². The number of hydrogen-bond donors (Lipinski definition) is 2. The van der Waals surface area contributed by atoms with Gasteiger partial charge < -0.3 is 28.9 Å². The molecule has 3 aromatic rings. The Hall–Kier alpha value is -4.34. The first kappa shape index (κ1) is 25.7. The lowest BCUT2D eigenvalue weighted by atomic mass is 10.0. The molecule has 10 heteroatoms. The van der Waals surface area contributed by atoms with Crippen molar-refractivity contribution in [3.05, 3.63) is 80.2 Å². The van der Waals surface area contributed by atoms with Gasteiger partial charge in [0.1, 0.15) is 29.8 Å². The number of hydrogen-bond acceptors (Lipinski definition) is 8. The molecule has 4 rings (SSSR count). The second-order valence-corrected chi connectivity index (χ2v) is 8.75. The van der Waals surface area contributed by atoms with Crippen molar-refractivity contribution in [1.29, 1.82) is 0 Å². The summed E-state index contributed by atoms with van der Waals surface area (Å²) in [6, 6.07) is 7.45. The predicted molar refractivity (Wildman–Crippen MR) is 133 cm³/mol. The maximum absolute atomic E-state index is 12.8. The third kappa shape index (κ3) is 5.58. The molecular weight excluding hydrogens is 480 g/mol. The van der Waals surface area contributed by atoms with Gasteiger partial charge in [-0.3, -0.25) is 4.79 Å². The number of carbonyl (C=O) groups is 3. The Bertz CT molecular complexity index is 1460. The van der Waals surface area contributed by atoms with Gasteiger partial charge in [0.2, 0.25) is 0 Å². The van der Waals surface area contributed by atoms with Crippen LogP contribution in [0.3, 0.4) is 0 Å². The van der Waals surface area contributed by atoms with Gasteiger partial charge in [-0.25, -0.2) is 14.4 Å². The van der Waals surface area contributed by atoms with Gasteiger partial charge in [0, 0.05) is 17.4 Å². The summed E-state index contributed by atoms with van der Waals surface area (Å²) < 4.78 is 21.6. The summed E-state index contributed by atoms with van der Waals surface area (Å²) in [6.07, 6.45) is 0.0147. The van der Waals surface area contributed by atoms with Crippen molar-refractivity contribution in [3.8, 4) is 0 Å². The SMILES string of the molecule is CCOC(=O)C1=C(COC(=O)CCc2c(C)c3ccc(C)cc3oc2=O)NC(=O)NC1c1ccc(C)o1. The average molecular weight is 509 g/mol. The molecule has 0 saturated heterocycles. The lowest BCUT2D eigenvalue weighted by Crippen LogP contribution is -2.47. The standard InChI is InChI=1S/C27H28N2O8/c1-5-34-26(32)23-19(28-27(33)29-24(23)20-10-7-15(3)36-20)13-35-22(30)11-9-18-16(4)17-8-6-14(2)12-21(17)37-25(18)31/h6-8,10,12,24H,5,9,11,13H2,1-4H3,(H2,28,29,33). The van der Waals surface area contributed by atoms with Gasteiger partial charge >= 0.3 is 23.6 Å². The third-order valence-electron chi connectivity index (χ3n) is 6.09. The van der Waals surface area contributed by atoms with Gasteiger partial charge in [-0.05, 0) is 63.4 Å². The van der Waals surface area contributed by atoms with Gasteiger partial charge in [0.05, 0.1) is 17.9 Å². The summed E-state index contributed by atoms with van der Waals surface area (Å²) in [4.78, 5) is 50.2. The molecule has 0 aliphatic carbocycles. The molecule has 0 radical (unpaired) electrons. The van der Waals surface area contributed by atoms with Crippen LogP contribution in [0.1, 0.15) is 47.6 Å². The number of aryl methyl sites for hydroxylation is 3. The highest BCUT2D eigenvalue weighted by molar-refractivity contribution is 5.95. The Balaban J connectivity index is 1.51. The molecule has 37 heavy (non-hydrogen) atoms. The number of furan rings is 1. The van der Waals surface area contributed by atoms with Gasteiger partial charge in [-0.1, -0.05) is 12.1 Å². The van der Waals surface area contributed by atoms with E-state index in [-0.39, 0.29) is 37.3 Å². The van der Waals surface area contributed by atoms with Crippen LogP contribution in [0.15, 0.2) is 55.2 Å². The molecule has 0 spiro atoms. The van der Waals surface area contributed by atoms with Gasteiger partial charge in [0.25, 0.3) is 0 Å². The Kier molecular flexibility index (Phi) is 7.47. The van der Waals surface area contributed by atoms with Crippen LogP contribution in [0.2, 0.25) is 0 Å². The minimum atomic E-state index is -0.913. The highest BCUT2D eigenvalue weighted by Gasteiger charge is 2.36. The van der Waals surface area contributed by atoms with E-state index in [9.17, 15) is 19.2 Å². The van der Waals surface area contributed by atoms with E-state index in [0.717, 1.165) is 16.5 Å². The zero-order valence-corrected chi connectivity index (χ0v) is 21.1. The van der Waals surface area contributed by atoms with Crippen molar-refractivity contribution in [2.75, 3.05) is 13.2 Å². The van der Waals surface area contributed by atoms with Crippen molar-refractivity contribution in [2.45, 2.75) is 46.6 Å². The van der Waals surface area contributed by atoms with Crippen LogP contribution in [-0.4, -0.2) is 31.2 Å². The monoisotopic (exact) mass is 508 g/mol. The number of fused-ring (bicyclic) bond motifs is 1. The summed E-state index contributed by atoms with van der Waals surface area (Å²) >= 11 is 0. The van der Waals surface area contributed by atoms with Crippen molar-refractivity contribution >= 4 is 28.9 Å². The summed E-state index contributed by atoms with van der Waals surface area (Å²) in [5, 5.41) is 5.97. The molecule has 2 aromatic heterocycles. The number of esters is 2. The quantitative estimate of drug-likeness (QED) is 0.347. The largest absolute Gasteiger partial charge is 0.464 e. The summed E-state index contributed by atoms with van der Waals surface area (Å²) in [7, 11) is 0. The van der Waals surface area contributed by atoms with Crippen LogP contribution in [0.4, 0.5) is 4.79 Å². The maximum atomic E-state index is 12.8. The molecule has 1 atom stereocenters. The lowest BCUT2D eigenvalue weighted by molar-refractivity contribution is -0.143. The lowest BCUT2D eigenvalue weighted by Gasteiger charge is -2.27. The van der Waals surface area contributed by atoms with E-state index >= 15 is 0 Å². The third-order valence-corrected chi connectivity index (χ3v) is 6.09. The molecule has 2 N–H and O–H groups in total. The second-order valence-electron chi connectivity index (χ2n) is 8.75. The molecule has 194 valence electrons. The fourth-order valence-corrected chi connectivity index (χ4v) is 4.25. The number of urea groups is 1. The van der Waals surface area contributed by atoms with Crippen LogP contribution >= 0.6 is 0 Å². The molecule has 0 bridgehead atoms. The summed E-state index contributed by atoms with van der Waals surface area (Å²) in [5.74, 6) is -0.355. The van der Waals surface area contributed by atoms with Gasteiger partial charge in [0.15, 0.2) is 0 Å². The molecule has 1 aromatic carbocycles. The Morgan fingerprint density at radius 2 is 1.81 bits per heavy atom. The van der Waals surface area contributed by atoms with E-state index in [1.165, 1.54) is 0 Å². The first-order chi connectivity index (χ1) is 17.7. The number of ether oxygens (including phenoxy) is 2. The Morgan fingerprint density at radius 3 is 2.51 bits per heavy atom. The zero-order chi connectivity index (χ0) is 26.7. The maximum Gasteiger partial charge on any atom is 0.339 e. The van der Waals surface area contributed by atoms with Crippen molar-refractivity contribution < 1.29 is 32.7 Å². The molecule has 2 amide bonds. The van der Waals surface area contributed by atoms with Gasteiger partial charge in [-0.15, -0.1) is 0 Å². The average Bonchev–Trinajstić information content (AvgIpc) is 3.28. The highest BCUT2D eigenvalue weighted by Crippen LogP contribution is 2.29. The minimum Gasteiger partial charge on any atom is -0.464 e. The number of benzene rings is 1. The first-order valence-corrected chi connectivity index (χ1v) is 11.9. The second kappa shape index (κ2) is 10.7. The molecular formula is C27H28N2O8. The van der Waals surface area contributed by atoms with E-state index in [0.29, 0.717) is 22.7 Å². The van der Waals surface area contributed by atoms with Crippen LogP contribution in [0.25, 0.3) is 11.0 Å². The predicted octanol–water partition coefficient (Wildman–Crippen LogP) is 3.66. The van der Waals surface area contributed by atoms with Crippen molar-refractivity contribution in [3.63, 3.8) is 0 Å². The Labute approximate surface area is 212 Å². The number of nitrogens with one attached hydrogen (secondary N) is 2.